The molecule has 1 fully saturated rings. The Hall–Kier alpha value is -3.85. The molecule has 1 aliphatic carbocycles. The van der Waals surface area contributed by atoms with Gasteiger partial charge in [-0.25, -0.2) is 8.42 Å². The third-order valence-corrected chi connectivity index (χ3v) is 10.8. The molecule has 0 bridgehead atoms. The maximum absolute atomic E-state index is 14.6. The molecular weight excluding hydrogens is 653 g/mol. The fourth-order valence-corrected chi connectivity index (χ4v) is 7.52. The number of hydrogen-bond acceptors (Lipinski definition) is 4. The summed E-state index contributed by atoms with van der Waals surface area (Å²) in [6, 6.07) is 28.5. The molecule has 1 aliphatic rings. The van der Waals surface area contributed by atoms with Crippen LogP contribution in [0.2, 0.25) is 10.0 Å². The molecule has 2 amide bonds. The van der Waals surface area contributed by atoms with E-state index in [1.807, 2.05) is 37.3 Å². The van der Waals surface area contributed by atoms with Crippen molar-refractivity contribution < 1.29 is 18.0 Å². The second kappa shape index (κ2) is 15.8. The van der Waals surface area contributed by atoms with E-state index in [0.29, 0.717) is 10.0 Å². The lowest BCUT2D eigenvalue weighted by Crippen LogP contribution is -2.55. The molecule has 1 saturated carbocycles. The molecule has 0 aromatic heterocycles. The summed E-state index contributed by atoms with van der Waals surface area (Å²) in [5.74, 6) is -0.784. The van der Waals surface area contributed by atoms with E-state index in [1.165, 1.54) is 17.0 Å². The number of benzene rings is 4. The fourth-order valence-electron chi connectivity index (χ4n) is 5.86. The number of carbonyl (C=O) groups excluding carboxylic acids is 2. The number of aryl methyl sites for hydroxylation is 1. The maximum atomic E-state index is 14.6. The molecule has 0 spiro atoms. The highest BCUT2D eigenvalue weighted by Gasteiger charge is 2.35. The average Bonchev–Trinajstić information content (AvgIpc) is 3.07. The number of halogens is 2. The normalized spacial score (nSPS) is 14.3. The second-order valence-electron chi connectivity index (χ2n) is 12.0. The van der Waals surface area contributed by atoms with E-state index in [4.69, 9.17) is 23.2 Å². The largest absolute Gasteiger partial charge is 0.352 e. The molecule has 4 aromatic rings. The molecule has 1 atom stereocenters. The Labute approximate surface area is 287 Å². The molecule has 47 heavy (non-hydrogen) atoms. The summed E-state index contributed by atoms with van der Waals surface area (Å²) in [5, 5.41) is 4.19. The van der Waals surface area contributed by atoms with Crippen molar-refractivity contribution in [3.8, 4) is 0 Å². The third kappa shape index (κ3) is 9.15. The Bertz CT molecular complexity index is 1740. The first kappa shape index (κ1) is 34.5. The van der Waals surface area contributed by atoms with Crippen molar-refractivity contribution in [2.75, 3.05) is 10.8 Å². The van der Waals surface area contributed by atoms with Gasteiger partial charge in [0.2, 0.25) is 11.8 Å². The van der Waals surface area contributed by atoms with Crippen LogP contribution in [0.5, 0.6) is 0 Å². The smallest absolute Gasteiger partial charge is 0.264 e. The van der Waals surface area contributed by atoms with Crippen LogP contribution >= 0.6 is 23.2 Å². The van der Waals surface area contributed by atoms with Crippen LogP contribution in [0, 0.1) is 6.92 Å². The molecule has 4 aromatic carbocycles. The van der Waals surface area contributed by atoms with Crippen LogP contribution in [0.1, 0.15) is 48.8 Å². The third-order valence-electron chi connectivity index (χ3n) is 8.49. The van der Waals surface area contributed by atoms with Gasteiger partial charge in [-0.2, -0.15) is 0 Å². The van der Waals surface area contributed by atoms with Crippen LogP contribution in [0.25, 0.3) is 0 Å². The lowest BCUT2D eigenvalue weighted by molar-refractivity contribution is -0.140. The number of nitrogens with zero attached hydrogens (tertiary/aromatic N) is 2. The molecule has 0 saturated heterocycles. The molecule has 1 unspecified atom stereocenters. The Morgan fingerprint density at radius 3 is 2.00 bits per heavy atom. The fraction of sp³-hybridized carbons (Fsp3) is 0.297. The zero-order valence-corrected chi connectivity index (χ0v) is 28.6. The van der Waals surface area contributed by atoms with E-state index < -0.39 is 28.5 Å². The summed E-state index contributed by atoms with van der Waals surface area (Å²) in [6.45, 7) is 1.41. The molecular formula is C37H39Cl2N3O4S. The van der Waals surface area contributed by atoms with Crippen LogP contribution in [0.15, 0.2) is 108 Å². The predicted molar refractivity (Wildman–Crippen MR) is 188 cm³/mol. The highest BCUT2D eigenvalue weighted by atomic mass is 35.5. The molecule has 246 valence electrons. The highest BCUT2D eigenvalue weighted by molar-refractivity contribution is 7.92. The zero-order chi connectivity index (χ0) is 33.4. The predicted octanol–water partition coefficient (Wildman–Crippen LogP) is 7.59. The van der Waals surface area contributed by atoms with Gasteiger partial charge < -0.3 is 10.2 Å². The number of carbonyl (C=O) groups is 2. The minimum Gasteiger partial charge on any atom is -0.352 e. The van der Waals surface area contributed by atoms with Gasteiger partial charge in [-0.1, -0.05) is 103 Å². The van der Waals surface area contributed by atoms with Crippen molar-refractivity contribution in [3.05, 3.63) is 130 Å². The van der Waals surface area contributed by atoms with Crippen LogP contribution < -0.4 is 9.62 Å². The van der Waals surface area contributed by atoms with E-state index in [1.54, 1.807) is 60.7 Å². The summed E-state index contributed by atoms with van der Waals surface area (Å²) in [6.07, 6.45) is 5.23. The summed E-state index contributed by atoms with van der Waals surface area (Å²) in [7, 11) is -4.19. The van der Waals surface area contributed by atoms with E-state index in [-0.39, 0.29) is 35.5 Å². The molecule has 10 heteroatoms. The summed E-state index contributed by atoms with van der Waals surface area (Å²) >= 11 is 12.3. The van der Waals surface area contributed by atoms with Crippen molar-refractivity contribution in [1.82, 2.24) is 10.2 Å². The van der Waals surface area contributed by atoms with Crippen molar-refractivity contribution in [3.63, 3.8) is 0 Å². The SMILES string of the molecule is Cc1ccc(S(=O)(=O)N(CC(=O)N(Cc2ccc(Cl)cc2)C(Cc2ccccc2)C(=O)NC2CCCCC2)c2ccc(Cl)cc2)cc1. The molecule has 0 heterocycles. The monoisotopic (exact) mass is 691 g/mol. The van der Waals surface area contributed by atoms with Gasteiger partial charge in [-0.3, -0.25) is 13.9 Å². The van der Waals surface area contributed by atoms with Crippen LogP contribution in [-0.2, 0) is 32.6 Å². The Kier molecular flexibility index (Phi) is 11.6. The van der Waals surface area contributed by atoms with E-state index >= 15 is 0 Å². The van der Waals surface area contributed by atoms with Gasteiger partial charge in [-0.05, 0) is 79.4 Å². The highest BCUT2D eigenvalue weighted by Crippen LogP contribution is 2.27. The van der Waals surface area contributed by atoms with Crippen molar-refractivity contribution in [1.29, 1.82) is 0 Å². The molecule has 5 rings (SSSR count). The minimum atomic E-state index is -4.19. The first-order chi connectivity index (χ1) is 22.6. The molecule has 0 radical (unpaired) electrons. The van der Waals surface area contributed by atoms with Gasteiger partial charge in [0.05, 0.1) is 10.6 Å². The Morgan fingerprint density at radius 2 is 1.38 bits per heavy atom. The van der Waals surface area contributed by atoms with Crippen molar-refractivity contribution >= 4 is 50.7 Å². The lowest BCUT2D eigenvalue weighted by atomic mass is 9.94. The van der Waals surface area contributed by atoms with Gasteiger partial charge in [0.1, 0.15) is 12.6 Å². The number of rotatable bonds is 12. The van der Waals surface area contributed by atoms with E-state index in [0.717, 1.165) is 53.1 Å². The first-order valence-corrected chi connectivity index (χ1v) is 18.0. The maximum Gasteiger partial charge on any atom is 0.264 e. The van der Waals surface area contributed by atoms with Crippen LogP contribution in [0.3, 0.4) is 0 Å². The number of sulfonamides is 1. The topological polar surface area (TPSA) is 86.8 Å². The number of amides is 2. The number of hydrogen-bond donors (Lipinski definition) is 1. The van der Waals surface area contributed by atoms with Crippen LogP contribution in [0.4, 0.5) is 5.69 Å². The Balaban J connectivity index is 1.55. The molecule has 0 aliphatic heterocycles. The van der Waals surface area contributed by atoms with Gasteiger partial charge in [-0.15, -0.1) is 0 Å². The van der Waals surface area contributed by atoms with E-state index in [2.05, 4.69) is 5.32 Å². The Morgan fingerprint density at radius 1 is 0.787 bits per heavy atom. The molecule has 7 nitrogen and oxygen atoms in total. The minimum absolute atomic E-state index is 0.0227. The quantitative estimate of drug-likeness (QED) is 0.166. The summed E-state index contributed by atoms with van der Waals surface area (Å²) < 4.78 is 29.4. The van der Waals surface area contributed by atoms with Gasteiger partial charge in [0.25, 0.3) is 10.0 Å². The van der Waals surface area contributed by atoms with Gasteiger partial charge >= 0.3 is 0 Å². The second-order valence-corrected chi connectivity index (χ2v) is 14.7. The molecule has 1 N–H and O–H groups in total. The van der Waals surface area contributed by atoms with Crippen molar-refractivity contribution in [2.45, 2.75) is 69.0 Å². The summed E-state index contributed by atoms with van der Waals surface area (Å²) in [5.41, 5.74) is 2.82. The standard InChI is InChI=1S/C37H39Cl2N3O4S/c1-27-12-22-34(23-13-27)47(45,46)42(33-20-18-31(39)19-21-33)26-36(43)41(25-29-14-16-30(38)17-15-29)35(24-28-8-4-2-5-9-28)37(44)40-32-10-6-3-7-11-32/h2,4-5,8-9,12-23,32,35H,3,6-7,10-11,24-26H2,1H3,(H,40,44). The number of nitrogens with one attached hydrogen (secondary N) is 1. The van der Waals surface area contributed by atoms with Gasteiger partial charge in [0.15, 0.2) is 0 Å². The lowest BCUT2D eigenvalue weighted by Gasteiger charge is -2.35. The number of anilines is 1. The summed E-state index contributed by atoms with van der Waals surface area (Å²) in [4.78, 5) is 30.3. The zero-order valence-electron chi connectivity index (χ0n) is 26.3. The van der Waals surface area contributed by atoms with Crippen LogP contribution in [-0.4, -0.2) is 43.8 Å². The van der Waals surface area contributed by atoms with Crippen molar-refractivity contribution in [2.24, 2.45) is 0 Å². The average molecular weight is 693 g/mol. The first-order valence-electron chi connectivity index (χ1n) is 15.8. The van der Waals surface area contributed by atoms with E-state index in [9.17, 15) is 18.0 Å². The van der Waals surface area contributed by atoms with Gasteiger partial charge in [0, 0.05) is 29.1 Å².